The first kappa shape index (κ1) is 17.0. The highest BCUT2D eigenvalue weighted by Crippen LogP contribution is 2.30. The Labute approximate surface area is 151 Å². The van der Waals surface area contributed by atoms with E-state index < -0.39 is 17.5 Å². The Morgan fingerprint density at radius 1 is 0.926 bits per heavy atom. The average Bonchev–Trinajstić information content (AvgIpc) is 3.12. The molecule has 2 aromatic heterocycles. The summed E-state index contributed by atoms with van der Waals surface area (Å²) in [4.78, 5) is 21.2. The van der Waals surface area contributed by atoms with Gasteiger partial charge in [-0.25, -0.2) is 4.98 Å². The van der Waals surface area contributed by atoms with Crippen LogP contribution in [-0.2, 0) is 6.18 Å². The summed E-state index contributed by atoms with van der Waals surface area (Å²) in [6, 6.07) is 14.6. The van der Waals surface area contributed by atoms with E-state index in [0.29, 0.717) is 5.89 Å². The van der Waals surface area contributed by atoms with Crippen molar-refractivity contribution in [1.29, 1.82) is 0 Å². The Hall–Kier alpha value is -3.48. The first-order chi connectivity index (χ1) is 12.9. The molecular formula is C20H11F3N2O2. The van der Waals surface area contributed by atoms with Crippen LogP contribution in [0.1, 0.15) is 21.5 Å². The number of oxazole rings is 1. The van der Waals surface area contributed by atoms with Crippen molar-refractivity contribution in [3.8, 4) is 11.5 Å². The van der Waals surface area contributed by atoms with Crippen molar-refractivity contribution in [2.24, 2.45) is 0 Å². The van der Waals surface area contributed by atoms with E-state index in [1.54, 1.807) is 0 Å². The van der Waals surface area contributed by atoms with Gasteiger partial charge in [0.05, 0.1) is 11.1 Å². The predicted molar refractivity (Wildman–Crippen MR) is 92.1 cm³/mol. The molecular weight excluding hydrogens is 357 g/mol. The zero-order chi connectivity index (χ0) is 19.0. The molecule has 0 saturated heterocycles. The lowest BCUT2D eigenvalue weighted by atomic mass is 10.0. The Bertz CT molecular complexity index is 1120. The molecule has 4 aromatic rings. The van der Waals surface area contributed by atoms with Gasteiger partial charge in [0.2, 0.25) is 5.89 Å². The summed E-state index contributed by atoms with van der Waals surface area (Å²) in [5, 5.41) is 0. The van der Waals surface area contributed by atoms with E-state index in [1.165, 1.54) is 12.3 Å². The van der Waals surface area contributed by atoms with Crippen molar-refractivity contribution in [2.45, 2.75) is 6.18 Å². The van der Waals surface area contributed by atoms with Crippen molar-refractivity contribution in [2.75, 3.05) is 0 Å². The maximum Gasteiger partial charge on any atom is 0.416 e. The zero-order valence-electron chi connectivity index (χ0n) is 13.7. The summed E-state index contributed by atoms with van der Waals surface area (Å²) in [7, 11) is 0. The van der Waals surface area contributed by atoms with Crippen LogP contribution in [0.4, 0.5) is 13.2 Å². The third-order valence-electron chi connectivity index (χ3n) is 4.03. The molecule has 0 aliphatic carbocycles. The minimum absolute atomic E-state index is 0.119. The molecule has 2 heterocycles. The lowest BCUT2D eigenvalue weighted by Gasteiger charge is -2.07. The second-order valence-corrected chi connectivity index (χ2v) is 5.80. The lowest BCUT2D eigenvalue weighted by molar-refractivity contribution is -0.137. The van der Waals surface area contributed by atoms with Gasteiger partial charge >= 0.3 is 6.18 Å². The summed E-state index contributed by atoms with van der Waals surface area (Å²) in [6.07, 6.45) is -3.04. The van der Waals surface area contributed by atoms with Gasteiger partial charge in [-0.05, 0) is 30.3 Å². The van der Waals surface area contributed by atoms with Crippen LogP contribution in [0.2, 0.25) is 0 Å². The van der Waals surface area contributed by atoms with E-state index in [4.69, 9.17) is 4.42 Å². The molecule has 4 nitrogen and oxygen atoms in total. The van der Waals surface area contributed by atoms with Gasteiger partial charge in [-0.15, -0.1) is 0 Å². The monoisotopic (exact) mass is 368 g/mol. The quantitative estimate of drug-likeness (QED) is 0.470. The van der Waals surface area contributed by atoms with Gasteiger partial charge in [0.15, 0.2) is 17.0 Å². The molecule has 0 saturated carbocycles. The molecule has 0 unspecified atom stereocenters. The summed E-state index contributed by atoms with van der Waals surface area (Å²) in [5.41, 5.74) is 0.670. The zero-order valence-corrected chi connectivity index (χ0v) is 13.7. The van der Waals surface area contributed by atoms with E-state index in [9.17, 15) is 18.0 Å². The van der Waals surface area contributed by atoms with Crippen LogP contribution >= 0.6 is 0 Å². The number of fused-ring (bicyclic) bond motifs is 1. The average molecular weight is 368 g/mol. The largest absolute Gasteiger partial charge is 0.434 e. The Morgan fingerprint density at radius 3 is 2.30 bits per heavy atom. The number of carbonyl (C=O) groups excluding carboxylic acids is 1. The van der Waals surface area contributed by atoms with Gasteiger partial charge in [-0.3, -0.25) is 4.79 Å². The molecule has 0 bridgehead atoms. The molecule has 0 aliphatic heterocycles. The fourth-order valence-corrected chi connectivity index (χ4v) is 2.68. The fraction of sp³-hybridized carbons (Fsp3) is 0.0500. The summed E-state index contributed by atoms with van der Waals surface area (Å²) in [5.74, 6) is -0.155. The summed E-state index contributed by atoms with van der Waals surface area (Å²) >= 11 is 0. The predicted octanol–water partition coefficient (Wildman–Crippen LogP) is 5.14. The maximum absolute atomic E-state index is 12.8. The van der Waals surface area contributed by atoms with Gasteiger partial charge in [0.25, 0.3) is 0 Å². The number of carbonyl (C=O) groups is 1. The highest BCUT2D eigenvalue weighted by molar-refractivity contribution is 6.14. The van der Waals surface area contributed by atoms with Crippen LogP contribution in [0.15, 0.2) is 71.3 Å². The summed E-state index contributed by atoms with van der Waals surface area (Å²) < 4.78 is 43.8. The van der Waals surface area contributed by atoms with Crippen LogP contribution < -0.4 is 0 Å². The molecule has 7 heteroatoms. The third-order valence-corrected chi connectivity index (χ3v) is 4.03. The first-order valence-electron chi connectivity index (χ1n) is 7.96. The second-order valence-electron chi connectivity index (χ2n) is 5.80. The number of rotatable bonds is 3. The lowest BCUT2D eigenvalue weighted by Crippen LogP contribution is -2.07. The Morgan fingerprint density at radius 2 is 1.63 bits per heavy atom. The topological polar surface area (TPSA) is 56.0 Å². The number of aromatic nitrogens is 2. The number of hydrogen-bond acceptors (Lipinski definition) is 4. The minimum Gasteiger partial charge on any atom is -0.434 e. The van der Waals surface area contributed by atoms with Crippen molar-refractivity contribution in [3.63, 3.8) is 0 Å². The van der Waals surface area contributed by atoms with Gasteiger partial charge in [0, 0.05) is 17.3 Å². The number of hydrogen-bond donors (Lipinski definition) is 0. The van der Waals surface area contributed by atoms with Crippen LogP contribution in [0.5, 0.6) is 0 Å². The van der Waals surface area contributed by atoms with Crippen LogP contribution in [-0.4, -0.2) is 15.8 Å². The molecule has 2 aromatic carbocycles. The third kappa shape index (κ3) is 3.19. The smallest absolute Gasteiger partial charge is 0.416 e. The molecule has 27 heavy (non-hydrogen) atoms. The highest BCUT2D eigenvalue weighted by Gasteiger charge is 2.30. The maximum atomic E-state index is 12.8. The second kappa shape index (κ2) is 6.35. The van der Waals surface area contributed by atoms with Crippen molar-refractivity contribution < 1.29 is 22.4 Å². The first-order valence-corrected chi connectivity index (χ1v) is 7.96. The van der Waals surface area contributed by atoms with Crippen LogP contribution in [0, 0.1) is 0 Å². The molecule has 0 spiro atoms. The Kier molecular flexibility index (Phi) is 3.99. The molecule has 0 amide bonds. The molecule has 0 atom stereocenters. The van der Waals surface area contributed by atoms with Crippen LogP contribution in [0.25, 0.3) is 22.7 Å². The summed E-state index contributed by atoms with van der Waals surface area (Å²) in [6.45, 7) is 0. The molecule has 4 rings (SSSR count). The van der Waals surface area contributed by atoms with Crippen molar-refractivity contribution in [3.05, 3.63) is 83.6 Å². The van der Waals surface area contributed by atoms with Gasteiger partial charge in [0.1, 0.15) is 0 Å². The fourth-order valence-electron chi connectivity index (χ4n) is 2.68. The van der Waals surface area contributed by atoms with E-state index >= 15 is 0 Å². The van der Waals surface area contributed by atoms with E-state index in [-0.39, 0.29) is 22.4 Å². The van der Waals surface area contributed by atoms with Crippen molar-refractivity contribution in [1.82, 2.24) is 9.97 Å². The standard InChI is InChI=1S/C20H11F3N2O2/c21-20(22,23)14-8-6-12(7-9-14)16(26)15-10-11-24-18-17(15)27-19(25-18)13-4-2-1-3-5-13/h1-11H. The number of pyridine rings is 1. The number of ketones is 1. The van der Waals surface area contributed by atoms with Gasteiger partial charge in [-0.2, -0.15) is 18.2 Å². The van der Waals surface area contributed by atoms with Gasteiger partial charge in [-0.1, -0.05) is 30.3 Å². The number of halogens is 3. The number of alkyl halides is 3. The highest BCUT2D eigenvalue weighted by atomic mass is 19.4. The van der Waals surface area contributed by atoms with Crippen molar-refractivity contribution >= 4 is 17.0 Å². The van der Waals surface area contributed by atoms with E-state index in [0.717, 1.165) is 29.8 Å². The molecule has 134 valence electrons. The Balaban J connectivity index is 1.75. The number of benzene rings is 2. The minimum atomic E-state index is -4.46. The van der Waals surface area contributed by atoms with Gasteiger partial charge < -0.3 is 4.42 Å². The molecule has 0 N–H and O–H groups in total. The number of nitrogens with zero attached hydrogens (tertiary/aromatic N) is 2. The van der Waals surface area contributed by atoms with E-state index in [1.807, 2.05) is 30.3 Å². The van der Waals surface area contributed by atoms with E-state index in [2.05, 4.69) is 9.97 Å². The van der Waals surface area contributed by atoms with Crippen LogP contribution in [0.3, 0.4) is 0 Å². The molecule has 0 radical (unpaired) electrons. The molecule has 0 fully saturated rings. The SMILES string of the molecule is O=C(c1ccc(C(F)(F)F)cc1)c1ccnc2nc(-c3ccccc3)oc12. The molecule has 0 aliphatic rings. The normalized spacial score (nSPS) is 11.7.